The molecule has 0 saturated heterocycles. The molecule has 0 saturated carbocycles. The molecule has 3 heteroatoms. The van der Waals surface area contributed by atoms with Crippen molar-refractivity contribution in [1.82, 2.24) is 4.98 Å². The Morgan fingerprint density at radius 1 is 1.08 bits per heavy atom. The highest BCUT2D eigenvalue weighted by Gasteiger charge is 2.32. The number of fused-ring (bicyclic) bond motifs is 1. The highest BCUT2D eigenvalue weighted by molar-refractivity contribution is 5.80. The van der Waals surface area contributed by atoms with Crippen molar-refractivity contribution in [2.75, 3.05) is 0 Å². The van der Waals surface area contributed by atoms with E-state index in [4.69, 9.17) is 0 Å². The van der Waals surface area contributed by atoms with E-state index >= 15 is 0 Å². The Morgan fingerprint density at radius 2 is 1.85 bits per heavy atom. The van der Waals surface area contributed by atoms with Gasteiger partial charge in [-0.3, -0.25) is 4.79 Å². The number of nitrogens with zero attached hydrogens (tertiary/aromatic N) is 1. The summed E-state index contributed by atoms with van der Waals surface area (Å²) in [7, 11) is 0. The van der Waals surface area contributed by atoms with Crippen LogP contribution in [0.3, 0.4) is 0 Å². The van der Waals surface area contributed by atoms with Gasteiger partial charge in [-0.25, -0.2) is 0 Å². The van der Waals surface area contributed by atoms with Gasteiger partial charge >= 0.3 is 0 Å². The van der Waals surface area contributed by atoms with E-state index < -0.39 is 5.41 Å². The summed E-state index contributed by atoms with van der Waals surface area (Å²) in [5, 5.41) is 11.1. The van der Waals surface area contributed by atoms with Gasteiger partial charge in [0, 0.05) is 11.1 Å². The lowest BCUT2D eigenvalue weighted by atomic mass is 9.73. The van der Waals surface area contributed by atoms with Gasteiger partial charge in [0.25, 0.3) is 5.56 Å². The number of rotatable bonds is 6. The average Bonchev–Trinajstić information content (AvgIpc) is 2.67. The lowest BCUT2D eigenvalue weighted by Crippen LogP contribution is -2.27. The highest BCUT2D eigenvalue weighted by Crippen LogP contribution is 2.34. The Morgan fingerprint density at radius 3 is 2.50 bits per heavy atom. The molecular weight excluding hydrogens is 320 g/mol. The van der Waals surface area contributed by atoms with Crippen molar-refractivity contribution in [3.05, 3.63) is 81.6 Å². The van der Waals surface area contributed by atoms with E-state index in [9.17, 15) is 10.1 Å². The molecule has 0 amide bonds. The third-order valence-corrected chi connectivity index (χ3v) is 5.10. The first kappa shape index (κ1) is 17.9. The Labute approximate surface area is 154 Å². The van der Waals surface area contributed by atoms with Crippen molar-refractivity contribution in [2.45, 2.75) is 44.9 Å². The molecule has 1 N–H and O–H groups in total. The second-order valence-electron chi connectivity index (χ2n) is 6.89. The molecule has 26 heavy (non-hydrogen) atoms. The zero-order chi connectivity index (χ0) is 18.6. The highest BCUT2D eigenvalue weighted by atomic mass is 16.1. The Kier molecular flexibility index (Phi) is 5.23. The van der Waals surface area contributed by atoms with Crippen LogP contribution in [0.4, 0.5) is 0 Å². The number of benzene rings is 2. The van der Waals surface area contributed by atoms with E-state index in [1.807, 2.05) is 49.4 Å². The molecule has 3 nitrogen and oxygen atoms in total. The zero-order valence-corrected chi connectivity index (χ0v) is 15.4. The number of pyridine rings is 1. The van der Waals surface area contributed by atoms with E-state index in [0.29, 0.717) is 12.8 Å². The average molecular weight is 344 g/mol. The van der Waals surface area contributed by atoms with Crippen molar-refractivity contribution in [2.24, 2.45) is 0 Å². The maximum atomic E-state index is 12.2. The fourth-order valence-electron chi connectivity index (χ4n) is 3.67. The molecule has 2 aromatic carbocycles. The molecule has 0 aliphatic carbocycles. The van der Waals surface area contributed by atoms with E-state index in [-0.39, 0.29) is 5.56 Å². The number of aromatic amines is 1. The molecule has 1 heterocycles. The summed E-state index contributed by atoms with van der Waals surface area (Å²) < 4.78 is 0. The minimum atomic E-state index is -0.593. The summed E-state index contributed by atoms with van der Waals surface area (Å²) >= 11 is 0. The fourth-order valence-corrected chi connectivity index (χ4v) is 3.67. The van der Waals surface area contributed by atoms with Crippen LogP contribution in [0.2, 0.25) is 0 Å². The number of hydrogen-bond donors (Lipinski definition) is 1. The summed E-state index contributed by atoms with van der Waals surface area (Å²) in [6.45, 7) is 4.08. The first-order valence-electron chi connectivity index (χ1n) is 9.23. The van der Waals surface area contributed by atoms with Crippen molar-refractivity contribution in [3.63, 3.8) is 0 Å². The molecule has 1 aromatic heterocycles. The molecule has 132 valence electrons. The second-order valence-corrected chi connectivity index (χ2v) is 6.89. The first-order valence-corrected chi connectivity index (χ1v) is 9.23. The van der Waals surface area contributed by atoms with Gasteiger partial charge in [0.15, 0.2) is 0 Å². The predicted molar refractivity (Wildman–Crippen MR) is 106 cm³/mol. The zero-order valence-electron chi connectivity index (χ0n) is 15.4. The Balaban J connectivity index is 2.11. The predicted octanol–water partition coefficient (Wildman–Crippen LogP) is 4.89. The van der Waals surface area contributed by atoms with Gasteiger partial charge in [-0.15, -0.1) is 0 Å². The van der Waals surface area contributed by atoms with Gasteiger partial charge in [-0.05, 0) is 47.9 Å². The van der Waals surface area contributed by atoms with E-state index in [1.54, 1.807) is 0 Å². The molecule has 0 bridgehead atoms. The van der Waals surface area contributed by atoms with E-state index in [1.165, 1.54) is 0 Å². The maximum absolute atomic E-state index is 12.2. The van der Waals surface area contributed by atoms with Crippen LogP contribution < -0.4 is 5.56 Å². The molecular formula is C23H24N2O. The third-order valence-electron chi connectivity index (χ3n) is 5.10. The molecule has 0 unspecified atom stereocenters. The third kappa shape index (κ3) is 3.41. The van der Waals surface area contributed by atoms with Crippen LogP contribution >= 0.6 is 0 Å². The quantitative estimate of drug-likeness (QED) is 0.692. The van der Waals surface area contributed by atoms with Crippen LogP contribution in [0.1, 0.15) is 43.4 Å². The van der Waals surface area contributed by atoms with Crippen LogP contribution in [-0.4, -0.2) is 4.98 Å². The number of aromatic nitrogens is 1. The van der Waals surface area contributed by atoms with Crippen LogP contribution in [0.5, 0.6) is 0 Å². The Bertz CT molecular complexity index is 998. The molecule has 1 atom stereocenters. The molecule has 0 radical (unpaired) electrons. The number of hydrogen-bond acceptors (Lipinski definition) is 2. The van der Waals surface area contributed by atoms with Crippen molar-refractivity contribution >= 4 is 10.9 Å². The van der Waals surface area contributed by atoms with Gasteiger partial charge in [0.1, 0.15) is 0 Å². The molecule has 0 aliphatic heterocycles. The number of nitrogens with one attached hydrogen (secondary N) is 1. The normalized spacial score (nSPS) is 13.3. The molecule has 0 spiro atoms. The van der Waals surface area contributed by atoms with Crippen molar-refractivity contribution in [1.29, 1.82) is 5.26 Å². The van der Waals surface area contributed by atoms with Crippen LogP contribution in [0.15, 0.2) is 59.4 Å². The summed E-state index contributed by atoms with van der Waals surface area (Å²) in [6, 6.07) is 20.7. The SMILES string of the molecule is CCC[C@](C#N)(Cc1ccccc1)c1ccc2cc(CC)c(=O)[nH]c2c1. The van der Waals surface area contributed by atoms with E-state index in [0.717, 1.165) is 40.4 Å². The van der Waals surface area contributed by atoms with Gasteiger partial charge in [0.05, 0.1) is 11.5 Å². The standard InChI is InChI=1S/C23H24N2O/c1-3-12-23(16-24,15-17-8-6-5-7-9-17)20-11-10-19-13-18(4-2)22(26)25-21(19)14-20/h5-11,13-14H,3-4,12,15H2,1-2H3,(H,25,26)/t23-/m1/s1. The van der Waals surface area contributed by atoms with Gasteiger partial charge in [-0.2, -0.15) is 5.26 Å². The summed E-state index contributed by atoms with van der Waals surface area (Å²) in [5.41, 5.74) is 3.07. The second kappa shape index (κ2) is 7.58. The molecule has 3 aromatic rings. The Hall–Kier alpha value is -2.86. The first-order chi connectivity index (χ1) is 12.6. The minimum absolute atomic E-state index is 0.0433. The summed E-state index contributed by atoms with van der Waals surface area (Å²) in [6.07, 6.45) is 3.07. The van der Waals surface area contributed by atoms with Crippen LogP contribution in [0, 0.1) is 11.3 Å². The van der Waals surface area contributed by atoms with Gasteiger partial charge in [-0.1, -0.05) is 62.7 Å². The maximum Gasteiger partial charge on any atom is 0.251 e. The molecule has 3 rings (SSSR count). The topological polar surface area (TPSA) is 56.6 Å². The van der Waals surface area contributed by atoms with E-state index in [2.05, 4.69) is 30.1 Å². The number of nitriles is 1. The van der Waals surface area contributed by atoms with Gasteiger partial charge < -0.3 is 4.98 Å². The summed E-state index contributed by atoms with van der Waals surface area (Å²) in [4.78, 5) is 15.2. The van der Waals surface area contributed by atoms with Crippen LogP contribution in [-0.2, 0) is 18.3 Å². The smallest absolute Gasteiger partial charge is 0.251 e. The lowest BCUT2D eigenvalue weighted by Gasteiger charge is -2.27. The lowest BCUT2D eigenvalue weighted by molar-refractivity contribution is 0.493. The fraction of sp³-hybridized carbons (Fsp3) is 0.304. The number of H-pyrrole nitrogens is 1. The summed E-state index contributed by atoms with van der Waals surface area (Å²) in [5.74, 6) is 0. The van der Waals surface area contributed by atoms with Gasteiger partial charge in [0.2, 0.25) is 0 Å². The monoisotopic (exact) mass is 344 g/mol. The number of aryl methyl sites for hydroxylation is 1. The van der Waals surface area contributed by atoms with Crippen molar-refractivity contribution in [3.8, 4) is 6.07 Å². The van der Waals surface area contributed by atoms with Crippen LogP contribution in [0.25, 0.3) is 10.9 Å². The van der Waals surface area contributed by atoms with Crippen molar-refractivity contribution < 1.29 is 0 Å². The minimum Gasteiger partial charge on any atom is -0.322 e. The largest absolute Gasteiger partial charge is 0.322 e. The molecule has 0 fully saturated rings. The molecule has 0 aliphatic rings.